The van der Waals surface area contributed by atoms with Crippen molar-refractivity contribution in [1.29, 1.82) is 0 Å². The van der Waals surface area contributed by atoms with Crippen molar-refractivity contribution >= 4 is 15.7 Å². The largest absolute Gasteiger partial charge is 0.494 e. The van der Waals surface area contributed by atoms with E-state index in [4.69, 9.17) is 18.9 Å². The molecule has 2 aromatic rings. The number of benzene rings is 2. The molecule has 1 atom stereocenters. The monoisotopic (exact) mass is 463 g/mol. The third kappa shape index (κ3) is 5.27. The minimum absolute atomic E-state index is 0.0554. The molecule has 32 heavy (non-hydrogen) atoms. The number of sulfone groups is 1. The van der Waals surface area contributed by atoms with Crippen molar-refractivity contribution in [1.82, 2.24) is 4.90 Å². The van der Waals surface area contributed by atoms with Crippen LogP contribution in [0.4, 0.5) is 0 Å². The summed E-state index contributed by atoms with van der Waals surface area (Å²) in [6, 6.07) is 10.2. The lowest BCUT2D eigenvalue weighted by Crippen LogP contribution is -2.40. The molecule has 0 aliphatic carbocycles. The molecule has 8 nitrogen and oxygen atoms in total. The van der Waals surface area contributed by atoms with Gasteiger partial charge in [0, 0.05) is 18.2 Å². The van der Waals surface area contributed by atoms with E-state index in [-0.39, 0.29) is 24.0 Å². The van der Waals surface area contributed by atoms with E-state index < -0.39 is 15.9 Å². The second-order valence-electron chi connectivity index (χ2n) is 7.48. The summed E-state index contributed by atoms with van der Waals surface area (Å²) in [5.41, 5.74) is 1.20. The highest BCUT2D eigenvalue weighted by atomic mass is 32.2. The zero-order valence-corrected chi connectivity index (χ0v) is 19.6. The first kappa shape index (κ1) is 23.7. The third-order valence-corrected chi connectivity index (χ3v) is 7.16. The molecular formula is C23H29NO7S. The molecule has 1 aliphatic rings. The standard InChI is InChI=1S/C23H29NO7S/c1-5-31-19-8-6-16(7-9-19)14-24(18-10-11-32(26,27)15-18)23(25)17-12-20(28-2)22(30-4)21(13-17)29-3/h6-9,12-13,18H,5,10-11,14-15H2,1-4H3. The highest BCUT2D eigenvalue weighted by molar-refractivity contribution is 7.91. The predicted molar refractivity (Wildman–Crippen MR) is 121 cm³/mol. The van der Waals surface area contributed by atoms with Crippen LogP contribution >= 0.6 is 0 Å². The van der Waals surface area contributed by atoms with Crippen molar-refractivity contribution in [2.45, 2.75) is 25.9 Å². The van der Waals surface area contributed by atoms with Gasteiger partial charge in [-0.1, -0.05) is 12.1 Å². The summed E-state index contributed by atoms with van der Waals surface area (Å²) in [7, 11) is 1.27. The summed E-state index contributed by atoms with van der Waals surface area (Å²) < 4.78 is 45.9. The fourth-order valence-electron chi connectivity index (χ4n) is 3.81. The minimum atomic E-state index is -3.18. The molecule has 1 aliphatic heterocycles. The van der Waals surface area contributed by atoms with Crippen LogP contribution in [0.3, 0.4) is 0 Å². The zero-order chi connectivity index (χ0) is 23.3. The smallest absolute Gasteiger partial charge is 0.254 e. The van der Waals surface area contributed by atoms with Crippen molar-refractivity contribution in [3.05, 3.63) is 47.5 Å². The Bertz CT molecular complexity index is 1030. The number of amides is 1. The molecule has 1 amide bonds. The summed E-state index contributed by atoms with van der Waals surface area (Å²) in [5, 5.41) is 0. The Morgan fingerprint density at radius 2 is 1.66 bits per heavy atom. The van der Waals surface area contributed by atoms with Crippen molar-refractivity contribution in [2.24, 2.45) is 0 Å². The third-order valence-electron chi connectivity index (χ3n) is 5.41. The molecular weight excluding hydrogens is 434 g/mol. The SMILES string of the molecule is CCOc1ccc(CN(C(=O)c2cc(OC)c(OC)c(OC)c2)C2CCS(=O)(=O)C2)cc1. The maximum atomic E-state index is 13.6. The van der Waals surface area contributed by atoms with Gasteiger partial charge in [0.05, 0.1) is 39.4 Å². The fraction of sp³-hybridized carbons (Fsp3) is 0.435. The van der Waals surface area contributed by atoms with E-state index in [0.29, 0.717) is 35.8 Å². The first-order valence-electron chi connectivity index (χ1n) is 10.3. The molecule has 3 rings (SSSR count). The van der Waals surface area contributed by atoms with Crippen molar-refractivity contribution < 1.29 is 32.2 Å². The van der Waals surface area contributed by atoms with Crippen molar-refractivity contribution in [3.63, 3.8) is 0 Å². The van der Waals surface area contributed by atoms with Gasteiger partial charge in [-0.15, -0.1) is 0 Å². The van der Waals surface area contributed by atoms with Crippen LogP contribution in [0.1, 0.15) is 29.3 Å². The van der Waals surface area contributed by atoms with E-state index in [2.05, 4.69) is 0 Å². The Labute approximate surface area is 188 Å². The minimum Gasteiger partial charge on any atom is -0.494 e. The number of carbonyl (C=O) groups excluding carboxylic acids is 1. The van der Waals surface area contributed by atoms with E-state index in [0.717, 1.165) is 11.3 Å². The molecule has 0 N–H and O–H groups in total. The van der Waals surface area contributed by atoms with E-state index in [1.165, 1.54) is 21.3 Å². The molecule has 2 aromatic carbocycles. The summed E-state index contributed by atoms with van der Waals surface area (Å²) in [4.78, 5) is 15.2. The van der Waals surface area contributed by atoms with Gasteiger partial charge in [0.2, 0.25) is 5.75 Å². The van der Waals surface area contributed by atoms with Gasteiger partial charge in [-0.25, -0.2) is 8.42 Å². The Hall–Kier alpha value is -2.94. The first-order valence-corrected chi connectivity index (χ1v) is 12.2. The normalized spacial score (nSPS) is 16.9. The second-order valence-corrected chi connectivity index (χ2v) is 9.71. The lowest BCUT2D eigenvalue weighted by Gasteiger charge is -2.29. The second kappa shape index (κ2) is 10.1. The molecule has 1 saturated heterocycles. The highest BCUT2D eigenvalue weighted by Gasteiger charge is 2.35. The van der Waals surface area contributed by atoms with Crippen LogP contribution in [0, 0.1) is 0 Å². The molecule has 1 heterocycles. The van der Waals surface area contributed by atoms with Gasteiger partial charge in [0.15, 0.2) is 21.3 Å². The van der Waals surface area contributed by atoms with Crippen LogP contribution in [-0.4, -0.2) is 64.7 Å². The van der Waals surface area contributed by atoms with Gasteiger partial charge in [0.1, 0.15) is 5.75 Å². The molecule has 0 spiro atoms. The molecule has 9 heteroatoms. The molecule has 0 bridgehead atoms. The number of carbonyl (C=O) groups is 1. The molecule has 174 valence electrons. The van der Waals surface area contributed by atoms with Gasteiger partial charge >= 0.3 is 0 Å². The summed E-state index contributed by atoms with van der Waals surface area (Å²) in [6.07, 6.45) is 0.398. The average molecular weight is 464 g/mol. The first-order chi connectivity index (χ1) is 15.3. The number of hydrogen-bond acceptors (Lipinski definition) is 7. The van der Waals surface area contributed by atoms with Crippen LogP contribution in [0.5, 0.6) is 23.0 Å². The predicted octanol–water partition coefficient (Wildman–Crippen LogP) is 2.94. The number of nitrogens with zero attached hydrogens (tertiary/aromatic N) is 1. The topological polar surface area (TPSA) is 91.4 Å². The maximum absolute atomic E-state index is 13.6. The van der Waals surface area contributed by atoms with Crippen LogP contribution in [0.15, 0.2) is 36.4 Å². The number of methoxy groups -OCH3 is 3. The summed E-state index contributed by atoms with van der Waals surface area (Å²) in [6.45, 7) is 2.74. The van der Waals surface area contributed by atoms with E-state index in [1.54, 1.807) is 17.0 Å². The fourth-order valence-corrected chi connectivity index (χ4v) is 5.54. The van der Waals surface area contributed by atoms with Crippen LogP contribution in [0.25, 0.3) is 0 Å². The Morgan fingerprint density at radius 3 is 2.12 bits per heavy atom. The van der Waals surface area contributed by atoms with Gasteiger partial charge in [-0.05, 0) is 43.2 Å². The van der Waals surface area contributed by atoms with Gasteiger partial charge in [-0.2, -0.15) is 0 Å². The Morgan fingerprint density at radius 1 is 1.03 bits per heavy atom. The van der Waals surface area contributed by atoms with Gasteiger partial charge in [0.25, 0.3) is 5.91 Å². The lowest BCUT2D eigenvalue weighted by molar-refractivity contribution is 0.0680. The number of ether oxygens (including phenoxy) is 4. The van der Waals surface area contributed by atoms with Crippen molar-refractivity contribution in [3.8, 4) is 23.0 Å². The number of hydrogen-bond donors (Lipinski definition) is 0. The highest BCUT2D eigenvalue weighted by Crippen LogP contribution is 2.39. The Kier molecular flexibility index (Phi) is 7.50. The summed E-state index contributed by atoms with van der Waals surface area (Å²) in [5.74, 6) is 1.54. The molecule has 0 saturated carbocycles. The summed E-state index contributed by atoms with van der Waals surface area (Å²) >= 11 is 0. The maximum Gasteiger partial charge on any atom is 0.254 e. The van der Waals surface area contributed by atoms with Crippen LogP contribution in [-0.2, 0) is 16.4 Å². The van der Waals surface area contributed by atoms with Gasteiger partial charge in [-0.3, -0.25) is 4.79 Å². The molecule has 0 aromatic heterocycles. The average Bonchev–Trinajstić information content (AvgIpc) is 3.16. The van der Waals surface area contributed by atoms with E-state index in [9.17, 15) is 13.2 Å². The number of rotatable bonds is 9. The molecule has 1 fully saturated rings. The zero-order valence-electron chi connectivity index (χ0n) is 18.8. The van der Waals surface area contributed by atoms with Crippen LogP contribution < -0.4 is 18.9 Å². The molecule has 1 unspecified atom stereocenters. The quantitative estimate of drug-likeness (QED) is 0.565. The van der Waals surface area contributed by atoms with Crippen LogP contribution in [0.2, 0.25) is 0 Å². The van der Waals surface area contributed by atoms with E-state index >= 15 is 0 Å². The van der Waals surface area contributed by atoms with Crippen molar-refractivity contribution in [2.75, 3.05) is 39.4 Å². The Balaban J connectivity index is 1.96. The van der Waals surface area contributed by atoms with Gasteiger partial charge < -0.3 is 23.8 Å². The lowest BCUT2D eigenvalue weighted by atomic mass is 10.1. The van der Waals surface area contributed by atoms with E-state index in [1.807, 2.05) is 31.2 Å². The molecule has 0 radical (unpaired) electrons.